The molecule has 0 amide bonds. The molecule has 2 heterocycles. The zero-order valence-electron chi connectivity index (χ0n) is 20.7. The van der Waals surface area contributed by atoms with Crippen molar-refractivity contribution in [1.29, 1.82) is 0 Å². The molecule has 37 heavy (non-hydrogen) atoms. The maximum atomic E-state index is 13.3. The van der Waals surface area contributed by atoms with E-state index >= 15 is 0 Å². The molecular weight excluding hydrogens is 482 g/mol. The first-order valence-electron chi connectivity index (χ1n) is 12.2. The van der Waals surface area contributed by atoms with Crippen LogP contribution in [0.15, 0.2) is 95.9 Å². The summed E-state index contributed by atoms with van der Waals surface area (Å²) in [6.07, 6.45) is 1.60. The van der Waals surface area contributed by atoms with Gasteiger partial charge in [0, 0.05) is 12.7 Å². The van der Waals surface area contributed by atoms with Crippen molar-refractivity contribution in [1.82, 2.24) is 9.55 Å². The zero-order valence-corrected chi connectivity index (χ0v) is 21.5. The zero-order chi connectivity index (χ0) is 25.8. The Balaban J connectivity index is 1.60. The van der Waals surface area contributed by atoms with Crippen molar-refractivity contribution in [3.8, 4) is 11.1 Å². The predicted molar refractivity (Wildman–Crippen MR) is 149 cm³/mol. The summed E-state index contributed by atoms with van der Waals surface area (Å²) in [7, 11) is 0. The minimum Gasteiger partial charge on any atom is -0.462 e. The Labute approximate surface area is 219 Å². The van der Waals surface area contributed by atoms with E-state index in [-0.39, 0.29) is 23.7 Å². The van der Waals surface area contributed by atoms with Gasteiger partial charge in [-0.3, -0.25) is 4.79 Å². The van der Waals surface area contributed by atoms with Gasteiger partial charge in [-0.1, -0.05) is 96.3 Å². The molecule has 0 saturated carbocycles. The average molecular weight is 510 g/mol. The Kier molecular flexibility index (Phi) is 7.14. The molecule has 1 unspecified atom stereocenters. The van der Waals surface area contributed by atoms with Gasteiger partial charge in [-0.2, -0.15) is 0 Å². The number of aromatic nitrogens is 2. The molecule has 0 fully saturated rings. The monoisotopic (exact) mass is 509 g/mol. The van der Waals surface area contributed by atoms with E-state index < -0.39 is 11.4 Å². The van der Waals surface area contributed by atoms with Crippen molar-refractivity contribution in [3.63, 3.8) is 0 Å². The second-order valence-electron chi connectivity index (χ2n) is 8.69. The van der Waals surface area contributed by atoms with Gasteiger partial charge in [-0.05, 0) is 36.1 Å². The van der Waals surface area contributed by atoms with Crippen LogP contribution in [0.3, 0.4) is 0 Å². The van der Waals surface area contributed by atoms with E-state index in [0.29, 0.717) is 16.5 Å². The Hall–Kier alpha value is -4.23. The quantitative estimate of drug-likeness (QED) is 0.241. The first kappa shape index (κ1) is 24.5. The summed E-state index contributed by atoms with van der Waals surface area (Å²) in [6.45, 7) is 4.42. The molecule has 6 nitrogen and oxygen atoms in total. The standard InChI is InChI=1S/C30H27N3O3S/c1-3-36-29(35)25-19-33(18-23-16-10-11-17-24(23)22-14-8-5-9-15-22)28-26(27(25)34)32-30(37-28)31-20(2)21-12-6-4-7-13-21/h4-17,19-20H,3,18H2,1-2H3,(H,31,32). The lowest BCUT2D eigenvalue weighted by atomic mass is 9.99. The van der Waals surface area contributed by atoms with Crippen LogP contribution in [0.4, 0.5) is 5.13 Å². The summed E-state index contributed by atoms with van der Waals surface area (Å²) in [5.74, 6) is -0.639. The summed E-state index contributed by atoms with van der Waals surface area (Å²) in [5.41, 5.74) is 4.19. The number of anilines is 1. The highest BCUT2D eigenvalue weighted by atomic mass is 32.1. The highest BCUT2D eigenvalue weighted by Crippen LogP contribution is 2.30. The Morgan fingerprint density at radius 2 is 1.68 bits per heavy atom. The third-order valence-corrected chi connectivity index (χ3v) is 7.22. The number of nitrogens with one attached hydrogen (secondary N) is 1. The number of esters is 1. The van der Waals surface area contributed by atoms with Crippen LogP contribution in [-0.2, 0) is 11.3 Å². The maximum Gasteiger partial charge on any atom is 0.343 e. The van der Waals surface area contributed by atoms with Crippen LogP contribution >= 0.6 is 11.3 Å². The molecule has 5 rings (SSSR count). The first-order valence-corrected chi connectivity index (χ1v) is 13.0. The number of hydrogen-bond acceptors (Lipinski definition) is 6. The topological polar surface area (TPSA) is 73.2 Å². The number of thiazole rings is 1. The molecule has 0 aliphatic carbocycles. The van der Waals surface area contributed by atoms with Crippen LogP contribution in [0.5, 0.6) is 0 Å². The van der Waals surface area contributed by atoms with Crippen LogP contribution in [0.2, 0.25) is 0 Å². The number of rotatable bonds is 8. The summed E-state index contributed by atoms with van der Waals surface area (Å²) in [6, 6.07) is 28.4. The highest BCUT2D eigenvalue weighted by molar-refractivity contribution is 7.21. The molecule has 186 valence electrons. The van der Waals surface area contributed by atoms with Gasteiger partial charge >= 0.3 is 5.97 Å². The molecule has 7 heteroatoms. The van der Waals surface area contributed by atoms with E-state index in [1.165, 1.54) is 11.3 Å². The lowest BCUT2D eigenvalue weighted by Gasteiger charge is -2.14. The number of benzene rings is 3. The van der Waals surface area contributed by atoms with Crippen molar-refractivity contribution in [2.24, 2.45) is 0 Å². The number of nitrogens with zero attached hydrogens (tertiary/aromatic N) is 2. The van der Waals surface area contributed by atoms with Crippen molar-refractivity contribution >= 4 is 32.8 Å². The number of carbonyl (C=O) groups is 1. The third-order valence-electron chi connectivity index (χ3n) is 6.19. The summed E-state index contributed by atoms with van der Waals surface area (Å²) in [4.78, 5) is 31.3. The average Bonchev–Trinajstić information content (AvgIpc) is 3.36. The number of ether oxygens (including phenoxy) is 1. The van der Waals surface area contributed by atoms with Gasteiger partial charge in [0.25, 0.3) is 0 Å². The number of hydrogen-bond donors (Lipinski definition) is 1. The third kappa shape index (κ3) is 5.17. The largest absolute Gasteiger partial charge is 0.462 e. The van der Waals surface area contributed by atoms with Crippen LogP contribution in [-0.4, -0.2) is 22.1 Å². The fraction of sp³-hybridized carbons (Fsp3) is 0.167. The predicted octanol–water partition coefficient (Wildman–Crippen LogP) is 6.52. The molecular formula is C30H27N3O3S. The Bertz CT molecular complexity index is 1590. The van der Waals surface area contributed by atoms with E-state index in [1.54, 1.807) is 13.1 Å². The van der Waals surface area contributed by atoms with Crippen LogP contribution < -0.4 is 10.7 Å². The van der Waals surface area contributed by atoms with Crippen LogP contribution in [0, 0.1) is 0 Å². The van der Waals surface area contributed by atoms with Crippen LogP contribution in [0.25, 0.3) is 21.5 Å². The number of pyridine rings is 1. The molecule has 1 atom stereocenters. The second-order valence-corrected chi connectivity index (χ2v) is 9.67. The van der Waals surface area contributed by atoms with E-state index in [2.05, 4.69) is 34.6 Å². The lowest BCUT2D eigenvalue weighted by molar-refractivity contribution is 0.0524. The van der Waals surface area contributed by atoms with Gasteiger partial charge in [-0.15, -0.1) is 0 Å². The Morgan fingerprint density at radius 1 is 1.00 bits per heavy atom. The van der Waals surface area contributed by atoms with Crippen molar-refractivity contribution in [2.45, 2.75) is 26.4 Å². The maximum absolute atomic E-state index is 13.3. The van der Waals surface area contributed by atoms with Gasteiger partial charge in [-0.25, -0.2) is 9.78 Å². The van der Waals surface area contributed by atoms with Gasteiger partial charge in [0.15, 0.2) is 5.13 Å². The Morgan fingerprint density at radius 3 is 2.41 bits per heavy atom. The summed E-state index contributed by atoms with van der Waals surface area (Å²) in [5, 5.41) is 4.04. The van der Waals surface area contributed by atoms with Gasteiger partial charge in [0.05, 0.1) is 12.6 Å². The minimum atomic E-state index is -0.639. The molecule has 0 spiro atoms. The fourth-order valence-corrected chi connectivity index (χ4v) is 5.37. The van der Waals surface area contributed by atoms with Crippen molar-refractivity contribution in [3.05, 3.63) is 118 Å². The molecule has 5 aromatic rings. The van der Waals surface area contributed by atoms with Gasteiger partial charge in [0.2, 0.25) is 5.43 Å². The van der Waals surface area contributed by atoms with Gasteiger partial charge < -0.3 is 14.6 Å². The van der Waals surface area contributed by atoms with Gasteiger partial charge in [0.1, 0.15) is 15.9 Å². The summed E-state index contributed by atoms with van der Waals surface area (Å²) >= 11 is 1.40. The van der Waals surface area contributed by atoms with E-state index in [9.17, 15) is 9.59 Å². The lowest BCUT2D eigenvalue weighted by Crippen LogP contribution is -2.21. The first-order chi connectivity index (χ1) is 18.0. The SMILES string of the molecule is CCOC(=O)c1cn(Cc2ccccc2-c2ccccc2)c2sc(NC(C)c3ccccc3)nc2c1=O. The molecule has 0 bridgehead atoms. The molecule has 1 N–H and O–H groups in total. The summed E-state index contributed by atoms with van der Waals surface area (Å²) < 4.78 is 7.12. The molecule has 0 aliphatic heterocycles. The van der Waals surface area contributed by atoms with Crippen molar-refractivity contribution < 1.29 is 9.53 Å². The molecule has 0 saturated heterocycles. The molecule has 3 aromatic carbocycles. The van der Waals surface area contributed by atoms with Crippen molar-refractivity contribution in [2.75, 3.05) is 11.9 Å². The number of fused-ring (bicyclic) bond motifs is 1. The van der Waals surface area contributed by atoms with E-state index in [1.807, 2.05) is 72.2 Å². The molecule has 0 aliphatic rings. The fourth-order valence-electron chi connectivity index (χ4n) is 4.34. The molecule has 2 aromatic heterocycles. The van der Waals surface area contributed by atoms with Crippen LogP contribution in [0.1, 0.15) is 41.4 Å². The minimum absolute atomic E-state index is 0.00588. The second kappa shape index (κ2) is 10.8. The highest BCUT2D eigenvalue weighted by Gasteiger charge is 2.21. The normalized spacial score (nSPS) is 11.8. The smallest absolute Gasteiger partial charge is 0.343 e. The molecule has 0 radical (unpaired) electrons. The number of carbonyl (C=O) groups excluding carboxylic acids is 1. The van der Waals surface area contributed by atoms with E-state index in [4.69, 9.17) is 4.74 Å². The van der Waals surface area contributed by atoms with E-state index in [0.717, 1.165) is 22.3 Å².